The maximum Gasteiger partial charge on any atom is 0.190 e. The van der Waals surface area contributed by atoms with E-state index in [1.54, 1.807) is 7.11 Å². The third kappa shape index (κ3) is 11.3. The van der Waals surface area contributed by atoms with Gasteiger partial charge in [-0.15, -0.1) is 0 Å². The molecule has 1 fully saturated rings. The number of nitrogens with one attached hydrogen (secondary N) is 2. The summed E-state index contributed by atoms with van der Waals surface area (Å²) in [7, 11) is 3.55. The highest BCUT2D eigenvalue weighted by Crippen LogP contribution is 2.14. The van der Waals surface area contributed by atoms with Crippen LogP contribution in [0.25, 0.3) is 0 Å². The maximum absolute atomic E-state index is 5.76. The number of guanidine groups is 1. The third-order valence-electron chi connectivity index (χ3n) is 3.99. The monoisotopic (exact) mass is 329 g/mol. The molecule has 0 atom stereocenters. The zero-order chi connectivity index (χ0) is 16.6. The lowest BCUT2D eigenvalue weighted by molar-refractivity contribution is 0.0203. The summed E-state index contributed by atoms with van der Waals surface area (Å²) in [5, 5.41) is 6.66. The van der Waals surface area contributed by atoms with Crippen LogP contribution in [0, 0.1) is 5.92 Å². The van der Waals surface area contributed by atoms with Crippen LogP contribution in [0.4, 0.5) is 0 Å². The molecule has 0 aromatic heterocycles. The van der Waals surface area contributed by atoms with Crippen molar-refractivity contribution in [2.24, 2.45) is 10.9 Å². The summed E-state index contributed by atoms with van der Waals surface area (Å²) in [6.45, 7) is 6.14. The van der Waals surface area contributed by atoms with E-state index in [1.807, 2.05) is 7.05 Å². The van der Waals surface area contributed by atoms with Crippen molar-refractivity contribution in [3.05, 3.63) is 0 Å². The average Bonchev–Trinajstić information content (AvgIpc) is 2.60. The molecule has 0 amide bonds. The molecule has 23 heavy (non-hydrogen) atoms. The lowest BCUT2D eigenvalue weighted by atomic mass is 10.0. The van der Waals surface area contributed by atoms with Crippen molar-refractivity contribution in [1.29, 1.82) is 0 Å². The van der Waals surface area contributed by atoms with Gasteiger partial charge >= 0.3 is 0 Å². The van der Waals surface area contributed by atoms with E-state index in [4.69, 9.17) is 14.2 Å². The quantitative estimate of drug-likeness (QED) is 0.325. The summed E-state index contributed by atoms with van der Waals surface area (Å²) in [6, 6.07) is 0. The highest BCUT2D eigenvalue weighted by Gasteiger charge is 2.13. The van der Waals surface area contributed by atoms with Gasteiger partial charge < -0.3 is 24.8 Å². The fraction of sp³-hybridized carbons (Fsp3) is 0.941. The first-order chi connectivity index (χ1) is 11.4. The van der Waals surface area contributed by atoms with E-state index >= 15 is 0 Å². The van der Waals surface area contributed by atoms with Gasteiger partial charge in [0.25, 0.3) is 0 Å². The largest absolute Gasteiger partial charge is 0.385 e. The minimum absolute atomic E-state index is 0.684. The second-order valence-corrected chi connectivity index (χ2v) is 5.96. The smallest absolute Gasteiger partial charge is 0.190 e. The van der Waals surface area contributed by atoms with Gasteiger partial charge in [0, 0.05) is 60.3 Å². The molecule has 136 valence electrons. The number of unbranched alkanes of at least 4 members (excludes halogenated alkanes) is 2. The zero-order valence-corrected chi connectivity index (χ0v) is 14.9. The van der Waals surface area contributed by atoms with Gasteiger partial charge in [-0.1, -0.05) is 0 Å². The van der Waals surface area contributed by atoms with E-state index in [2.05, 4.69) is 15.6 Å². The molecule has 0 aromatic rings. The van der Waals surface area contributed by atoms with E-state index in [1.165, 1.54) is 6.42 Å². The van der Waals surface area contributed by atoms with E-state index in [-0.39, 0.29) is 0 Å². The first-order valence-corrected chi connectivity index (χ1v) is 8.95. The van der Waals surface area contributed by atoms with Gasteiger partial charge in [0.1, 0.15) is 0 Å². The van der Waals surface area contributed by atoms with Gasteiger partial charge in [0.05, 0.1) is 0 Å². The molecule has 1 aliphatic heterocycles. The average molecular weight is 329 g/mol. The molecule has 1 aliphatic rings. The van der Waals surface area contributed by atoms with Crippen molar-refractivity contribution in [2.45, 2.75) is 38.5 Å². The Balaban J connectivity index is 1.89. The molecule has 6 nitrogen and oxygen atoms in total. The fourth-order valence-electron chi connectivity index (χ4n) is 2.52. The van der Waals surface area contributed by atoms with Crippen molar-refractivity contribution in [1.82, 2.24) is 10.6 Å². The molecule has 0 bridgehead atoms. The molecule has 1 heterocycles. The third-order valence-corrected chi connectivity index (χ3v) is 3.99. The molecule has 0 unspecified atom stereocenters. The molecule has 0 saturated carbocycles. The highest BCUT2D eigenvalue weighted by atomic mass is 16.5. The van der Waals surface area contributed by atoms with Crippen molar-refractivity contribution in [2.75, 3.05) is 60.3 Å². The molecule has 1 saturated heterocycles. The normalized spacial score (nSPS) is 16.5. The molecular formula is C17H35N3O3. The van der Waals surface area contributed by atoms with Crippen LogP contribution in [-0.2, 0) is 14.2 Å². The van der Waals surface area contributed by atoms with E-state index in [9.17, 15) is 0 Å². The Morgan fingerprint density at radius 3 is 2.48 bits per heavy atom. The van der Waals surface area contributed by atoms with Crippen LogP contribution < -0.4 is 10.6 Å². The maximum atomic E-state index is 5.76. The van der Waals surface area contributed by atoms with Gasteiger partial charge in [-0.3, -0.25) is 4.99 Å². The second-order valence-electron chi connectivity index (χ2n) is 5.96. The number of hydrogen-bond donors (Lipinski definition) is 2. The molecule has 0 radical (unpaired) electrons. The Morgan fingerprint density at radius 2 is 1.78 bits per heavy atom. The summed E-state index contributed by atoms with van der Waals surface area (Å²) in [4.78, 5) is 4.23. The molecule has 0 aromatic carbocycles. The van der Waals surface area contributed by atoms with Crippen molar-refractivity contribution < 1.29 is 14.2 Å². The Labute approximate surface area is 141 Å². The minimum atomic E-state index is 0.684. The Morgan fingerprint density at radius 1 is 1.04 bits per heavy atom. The number of aliphatic imine (C=N–C) groups is 1. The first kappa shape index (κ1) is 20.2. The SMILES string of the molecule is CN=C(NCCCCCOC)NCCCOCC1CCOCC1. The summed E-state index contributed by atoms with van der Waals surface area (Å²) in [6.07, 6.45) is 6.71. The van der Waals surface area contributed by atoms with Crippen molar-refractivity contribution in [3.63, 3.8) is 0 Å². The Bertz CT molecular complexity index is 295. The lowest BCUT2D eigenvalue weighted by Crippen LogP contribution is -2.38. The summed E-state index contributed by atoms with van der Waals surface area (Å²) in [5.74, 6) is 1.56. The Hall–Kier alpha value is -0.850. The van der Waals surface area contributed by atoms with Crippen LogP contribution in [0.15, 0.2) is 4.99 Å². The standard InChI is InChI=1S/C17H35N3O3/c1-18-17(19-9-4-3-5-11-21-2)20-10-6-12-23-15-16-7-13-22-14-8-16/h16H,3-15H2,1-2H3,(H2,18,19,20). The predicted octanol–water partition coefficient (Wildman–Crippen LogP) is 1.80. The van der Waals surface area contributed by atoms with E-state index < -0.39 is 0 Å². The first-order valence-electron chi connectivity index (χ1n) is 8.95. The molecule has 6 heteroatoms. The number of ether oxygens (including phenoxy) is 3. The lowest BCUT2D eigenvalue weighted by Gasteiger charge is -2.21. The second kappa shape index (κ2) is 14.7. The molecular weight excluding hydrogens is 294 g/mol. The highest BCUT2D eigenvalue weighted by molar-refractivity contribution is 5.79. The van der Waals surface area contributed by atoms with Gasteiger partial charge in [0.15, 0.2) is 5.96 Å². The van der Waals surface area contributed by atoms with Gasteiger partial charge in [-0.05, 0) is 44.4 Å². The molecule has 0 spiro atoms. The van der Waals surface area contributed by atoms with Crippen molar-refractivity contribution in [3.8, 4) is 0 Å². The number of nitrogens with zero attached hydrogens (tertiary/aromatic N) is 1. The van der Waals surface area contributed by atoms with Gasteiger partial charge in [-0.25, -0.2) is 0 Å². The number of rotatable bonds is 12. The fourth-order valence-corrected chi connectivity index (χ4v) is 2.52. The molecule has 2 N–H and O–H groups in total. The Kier molecular flexibility index (Phi) is 12.9. The van der Waals surface area contributed by atoms with Crippen LogP contribution >= 0.6 is 0 Å². The van der Waals surface area contributed by atoms with Crippen LogP contribution in [0.1, 0.15) is 38.5 Å². The number of hydrogen-bond acceptors (Lipinski definition) is 4. The van der Waals surface area contributed by atoms with E-state index in [0.29, 0.717) is 5.92 Å². The van der Waals surface area contributed by atoms with Crippen LogP contribution in [0.5, 0.6) is 0 Å². The van der Waals surface area contributed by atoms with Crippen LogP contribution in [0.3, 0.4) is 0 Å². The van der Waals surface area contributed by atoms with E-state index in [0.717, 1.165) is 84.2 Å². The molecule has 0 aliphatic carbocycles. The summed E-state index contributed by atoms with van der Waals surface area (Å²) < 4.78 is 16.1. The number of methoxy groups -OCH3 is 1. The van der Waals surface area contributed by atoms with Gasteiger partial charge in [-0.2, -0.15) is 0 Å². The van der Waals surface area contributed by atoms with Gasteiger partial charge in [0.2, 0.25) is 0 Å². The molecule has 1 rings (SSSR count). The zero-order valence-electron chi connectivity index (χ0n) is 14.9. The summed E-state index contributed by atoms with van der Waals surface area (Å²) in [5.41, 5.74) is 0. The van der Waals surface area contributed by atoms with Crippen LogP contribution in [-0.4, -0.2) is 66.2 Å². The topological polar surface area (TPSA) is 64.1 Å². The van der Waals surface area contributed by atoms with Crippen LogP contribution in [0.2, 0.25) is 0 Å². The van der Waals surface area contributed by atoms with Crippen molar-refractivity contribution >= 4 is 5.96 Å². The predicted molar refractivity (Wildman–Crippen MR) is 94.1 cm³/mol. The summed E-state index contributed by atoms with van der Waals surface area (Å²) >= 11 is 0. The minimum Gasteiger partial charge on any atom is -0.385 e.